The van der Waals surface area contributed by atoms with Gasteiger partial charge in [-0.05, 0) is 32.0 Å². The second-order valence-corrected chi connectivity index (χ2v) is 10.4. The number of guanidine groups is 1. The molecule has 26 heavy (non-hydrogen) atoms. The SMILES string of the molecule is CN=C(NCCNS(=O)(=O)c1cccc(Cl)c1)N1CCSC(C)(C)C1.I. The first kappa shape index (κ1) is 23.8. The Bertz CT molecular complexity index is 729. The normalized spacial score (nSPS) is 17.5. The number of benzene rings is 1. The van der Waals surface area contributed by atoms with E-state index < -0.39 is 10.0 Å². The lowest BCUT2D eigenvalue weighted by Gasteiger charge is -2.39. The number of aliphatic imine (C=N–C) groups is 1. The largest absolute Gasteiger partial charge is 0.355 e. The maximum atomic E-state index is 12.2. The van der Waals surface area contributed by atoms with Crippen LogP contribution in [-0.2, 0) is 10.0 Å². The van der Waals surface area contributed by atoms with Crippen LogP contribution in [0.25, 0.3) is 0 Å². The summed E-state index contributed by atoms with van der Waals surface area (Å²) in [4.78, 5) is 6.68. The van der Waals surface area contributed by atoms with Crippen LogP contribution in [0.2, 0.25) is 5.02 Å². The maximum Gasteiger partial charge on any atom is 0.240 e. The van der Waals surface area contributed by atoms with Gasteiger partial charge in [0, 0.05) is 48.7 Å². The molecule has 0 bridgehead atoms. The molecule has 0 aromatic heterocycles. The highest BCUT2D eigenvalue weighted by Gasteiger charge is 2.28. The quantitative estimate of drug-likeness (QED) is 0.264. The van der Waals surface area contributed by atoms with E-state index in [0.29, 0.717) is 11.6 Å². The Hall–Kier alpha value is -0.230. The molecule has 1 fully saturated rings. The average Bonchev–Trinajstić information content (AvgIpc) is 2.54. The van der Waals surface area contributed by atoms with E-state index in [4.69, 9.17) is 11.6 Å². The van der Waals surface area contributed by atoms with Crippen LogP contribution in [0, 0.1) is 0 Å². The van der Waals surface area contributed by atoms with Crippen LogP contribution in [-0.4, -0.2) is 63.0 Å². The third-order valence-corrected chi connectivity index (χ3v) is 6.73. The molecule has 1 aliphatic rings. The van der Waals surface area contributed by atoms with Gasteiger partial charge in [0.05, 0.1) is 4.90 Å². The van der Waals surface area contributed by atoms with Crippen molar-refractivity contribution in [2.24, 2.45) is 4.99 Å². The third-order valence-electron chi connectivity index (χ3n) is 3.74. The summed E-state index contributed by atoms with van der Waals surface area (Å²) in [5.74, 6) is 1.85. The lowest BCUT2D eigenvalue weighted by molar-refractivity contribution is 0.376. The van der Waals surface area contributed by atoms with Crippen molar-refractivity contribution in [3.05, 3.63) is 29.3 Å². The summed E-state index contributed by atoms with van der Waals surface area (Å²) in [5, 5.41) is 3.62. The van der Waals surface area contributed by atoms with E-state index in [9.17, 15) is 8.42 Å². The monoisotopic (exact) mass is 532 g/mol. The van der Waals surface area contributed by atoms with Gasteiger partial charge in [-0.1, -0.05) is 17.7 Å². The van der Waals surface area contributed by atoms with Crippen LogP contribution >= 0.6 is 47.3 Å². The van der Waals surface area contributed by atoms with Gasteiger partial charge in [0.15, 0.2) is 5.96 Å². The van der Waals surface area contributed by atoms with Crippen LogP contribution in [0.4, 0.5) is 0 Å². The number of sulfonamides is 1. The Morgan fingerprint density at radius 1 is 1.38 bits per heavy atom. The van der Waals surface area contributed by atoms with Crippen molar-refractivity contribution in [1.29, 1.82) is 0 Å². The molecule has 1 aromatic carbocycles. The van der Waals surface area contributed by atoms with Crippen molar-refractivity contribution in [1.82, 2.24) is 14.9 Å². The van der Waals surface area contributed by atoms with E-state index in [1.165, 1.54) is 12.1 Å². The Kier molecular flexibility index (Phi) is 9.48. The molecule has 0 unspecified atom stereocenters. The molecule has 0 amide bonds. The van der Waals surface area contributed by atoms with Crippen molar-refractivity contribution in [3.8, 4) is 0 Å². The van der Waals surface area contributed by atoms with Crippen LogP contribution < -0.4 is 10.0 Å². The molecule has 0 spiro atoms. The van der Waals surface area contributed by atoms with Gasteiger partial charge < -0.3 is 10.2 Å². The smallest absolute Gasteiger partial charge is 0.240 e. The summed E-state index contributed by atoms with van der Waals surface area (Å²) in [5.41, 5.74) is 0. The van der Waals surface area contributed by atoms with E-state index in [0.717, 1.165) is 24.8 Å². The van der Waals surface area contributed by atoms with Crippen molar-refractivity contribution >= 4 is 63.3 Å². The van der Waals surface area contributed by atoms with E-state index in [-0.39, 0.29) is 40.2 Å². The van der Waals surface area contributed by atoms with Gasteiger partial charge in [0.2, 0.25) is 10.0 Å². The number of halogens is 2. The number of hydrogen-bond acceptors (Lipinski definition) is 4. The first-order chi connectivity index (χ1) is 11.7. The highest BCUT2D eigenvalue weighted by Crippen LogP contribution is 2.29. The van der Waals surface area contributed by atoms with Crippen molar-refractivity contribution in [2.45, 2.75) is 23.5 Å². The van der Waals surface area contributed by atoms with E-state index in [1.807, 2.05) is 11.8 Å². The molecule has 6 nitrogen and oxygen atoms in total. The van der Waals surface area contributed by atoms with Crippen molar-refractivity contribution < 1.29 is 8.42 Å². The Labute approximate surface area is 182 Å². The molecule has 2 rings (SSSR count). The average molecular weight is 533 g/mol. The molecular formula is C16H26ClIN4O2S2. The lowest BCUT2D eigenvalue weighted by Crippen LogP contribution is -2.51. The number of rotatable bonds is 5. The molecule has 1 heterocycles. The van der Waals surface area contributed by atoms with Crippen LogP contribution in [0.1, 0.15) is 13.8 Å². The molecule has 0 atom stereocenters. The molecular weight excluding hydrogens is 507 g/mol. The number of nitrogens with zero attached hydrogens (tertiary/aromatic N) is 2. The predicted molar refractivity (Wildman–Crippen MR) is 122 cm³/mol. The number of thioether (sulfide) groups is 1. The van der Waals surface area contributed by atoms with E-state index >= 15 is 0 Å². The first-order valence-electron chi connectivity index (χ1n) is 8.08. The molecule has 2 N–H and O–H groups in total. The molecule has 0 saturated carbocycles. The Balaban J connectivity index is 0.00000338. The predicted octanol–water partition coefficient (Wildman–Crippen LogP) is 2.64. The van der Waals surface area contributed by atoms with Gasteiger partial charge in [0.25, 0.3) is 0 Å². The van der Waals surface area contributed by atoms with Gasteiger partial charge in [0.1, 0.15) is 0 Å². The fourth-order valence-corrected chi connectivity index (χ4v) is 5.05. The van der Waals surface area contributed by atoms with Gasteiger partial charge in [-0.3, -0.25) is 4.99 Å². The molecule has 10 heteroatoms. The van der Waals surface area contributed by atoms with Crippen LogP contribution in [0.3, 0.4) is 0 Å². The van der Waals surface area contributed by atoms with E-state index in [1.54, 1.807) is 19.2 Å². The molecule has 1 aliphatic heterocycles. The summed E-state index contributed by atoms with van der Waals surface area (Å²) in [6, 6.07) is 6.22. The summed E-state index contributed by atoms with van der Waals surface area (Å²) in [6.45, 7) is 7.00. The second-order valence-electron chi connectivity index (χ2n) is 6.36. The first-order valence-corrected chi connectivity index (χ1v) is 10.9. The molecule has 0 radical (unpaired) electrons. The second kappa shape index (κ2) is 10.4. The topological polar surface area (TPSA) is 73.8 Å². The van der Waals surface area contributed by atoms with Crippen molar-refractivity contribution in [2.75, 3.05) is 39.0 Å². The zero-order valence-electron chi connectivity index (χ0n) is 15.2. The lowest BCUT2D eigenvalue weighted by atomic mass is 10.2. The molecule has 1 saturated heterocycles. The highest BCUT2D eigenvalue weighted by atomic mass is 127. The fourth-order valence-electron chi connectivity index (χ4n) is 2.61. The van der Waals surface area contributed by atoms with Crippen molar-refractivity contribution in [3.63, 3.8) is 0 Å². The summed E-state index contributed by atoms with van der Waals surface area (Å²) < 4.78 is 27.2. The van der Waals surface area contributed by atoms with Crippen LogP contribution in [0.15, 0.2) is 34.2 Å². The minimum absolute atomic E-state index is 0. The summed E-state index contributed by atoms with van der Waals surface area (Å²) >= 11 is 7.81. The standard InChI is InChI=1S/C16H25ClN4O2S2.HI/c1-16(2)12-21(9-10-24-16)15(18-3)19-7-8-20-25(22,23)14-6-4-5-13(17)11-14;/h4-6,11,20H,7-10,12H2,1-3H3,(H,18,19);1H. The molecule has 1 aromatic rings. The Morgan fingerprint density at radius 3 is 2.73 bits per heavy atom. The highest BCUT2D eigenvalue weighted by molar-refractivity contribution is 14.0. The molecule has 148 valence electrons. The van der Waals surface area contributed by atoms with E-state index in [2.05, 4.69) is 33.8 Å². The summed E-state index contributed by atoms with van der Waals surface area (Å²) in [7, 11) is -1.82. The van der Waals surface area contributed by atoms with Gasteiger partial charge >= 0.3 is 0 Å². The Morgan fingerprint density at radius 2 is 2.12 bits per heavy atom. The summed E-state index contributed by atoms with van der Waals surface area (Å²) in [6.07, 6.45) is 0. The van der Waals surface area contributed by atoms with Gasteiger partial charge in [-0.15, -0.1) is 24.0 Å². The number of nitrogens with one attached hydrogen (secondary N) is 2. The maximum absolute atomic E-state index is 12.2. The van der Waals surface area contributed by atoms with Crippen LogP contribution in [0.5, 0.6) is 0 Å². The fraction of sp³-hybridized carbons (Fsp3) is 0.562. The zero-order valence-corrected chi connectivity index (χ0v) is 19.9. The van der Waals surface area contributed by atoms with Gasteiger partial charge in [-0.2, -0.15) is 11.8 Å². The van der Waals surface area contributed by atoms with Gasteiger partial charge in [-0.25, -0.2) is 13.1 Å². The zero-order chi connectivity index (χ0) is 18.5. The number of hydrogen-bond donors (Lipinski definition) is 2. The molecule has 0 aliphatic carbocycles. The minimum Gasteiger partial charge on any atom is -0.355 e. The third kappa shape index (κ3) is 7.06. The minimum atomic E-state index is -3.56.